The van der Waals surface area contributed by atoms with E-state index < -0.39 is 22.3 Å². The Morgan fingerprint density at radius 1 is 0.955 bits per heavy atom. The van der Waals surface area contributed by atoms with Crippen LogP contribution >= 0.6 is 0 Å². The highest BCUT2D eigenvalue weighted by atomic mass is 32.2. The van der Waals surface area contributed by atoms with Gasteiger partial charge in [-0.2, -0.15) is 12.7 Å². The number of carbonyl (C=O) groups is 1. The number of nitrogens with one attached hydrogen (secondary N) is 1. The van der Waals surface area contributed by atoms with E-state index in [2.05, 4.69) is 21.4 Å². The van der Waals surface area contributed by atoms with Crippen LogP contribution in [0.2, 0.25) is 0 Å². The number of likely N-dealkylation sites (N-methyl/N-ethyl adjacent to an activating group) is 3. The number of rotatable bonds is 2. The zero-order valence-corrected chi connectivity index (χ0v) is 26.9. The number of aromatic nitrogens is 1. The van der Waals surface area contributed by atoms with Gasteiger partial charge in [-0.25, -0.2) is 4.72 Å². The van der Waals surface area contributed by atoms with E-state index in [9.17, 15) is 18.3 Å². The lowest BCUT2D eigenvalue weighted by molar-refractivity contribution is 0.0448. The molecule has 1 atom stereocenters. The van der Waals surface area contributed by atoms with Crippen LogP contribution in [0, 0.1) is 0 Å². The summed E-state index contributed by atoms with van der Waals surface area (Å²) in [5.74, 6) is 0.432. The molecule has 3 aromatic rings. The lowest BCUT2D eigenvalue weighted by Crippen LogP contribution is -2.45. The minimum Gasteiger partial charge on any atom is -0.497 e. The minimum atomic E-state index is -4.04. The molecule has 3 aliphatic rings. The maximum Gasteiger partial charge on any atom is 0.303 e. The molecule has 3 heterocycles. The number of hydrogen-bond acceptors (Lipinski definition) is 7. The minimum absolute atomic E-state index is 0.213. The van der Waals surface area contributed by atoms with Gasteiger partial charge >= 0.3 is 10.2 Å². The molecular weight excluding hydrogens is 578 g/mol. The van der Waals surface area contributed by atoms with Crippen LogP contribution in [0.5, 0.6) is 5.75 Å². The Bertz CT molecular complexity index is 1710. The molecule has 0 spiro atoms. The van der Waals surface area contributed by atoms with E-state index in [1.54, 1.807) is 13.2 Å². The van der Waals surface area contributed by atoms with Crippen LogP contribution < -0.4 is 9.46 Å². The highest BCUT2D eigenvalue weighted by Gasteiger charge is 2.32. The van der Waals surface area contributed by atoms with Crippen LogP contribution in [0.1, 0.15) is 59.5 Å². The van der Waals surface area contributed by atoms with E-state index in [0.29, 0.717) is 32.1 Å². The standard InChI is InChI=1S/C33H43N5O5S/c1-35-14-16-36(2)33(40)25-18-24-19-26(43-4)11-13-27(24)31-30(22-8-6-5-7-9-22)28-12-10-23(20-29(28)38(31)21-25)32(39)34-44(41,42)37(3)17-15-35/h10-13,18-20,22,33,40H,5-9,14-17,21H2,1-4H3,(H,34,39). The summed E-state index contributed by atoms with van der Waals surface area (Å²) in [6.07, 6.45) is 6.96. The van der Waals surface area contributed by atoms with E-state index >= 15 is 0 Å². The third-order valence-corrected chi connectivity index (χ3v) is 11.0. The van der Waals surface area contributed by atoms with Crippen LogP contribution in [0.15, 0.2) is 42.0 Å². The molecule has 236 valence electrons. The number of methoxy groups -OCH3 is 1. The van der Waals surface area contributed by atoms with Gasteiger partial charge in [-0.15, -0.1) is 0 Å². The largest absolute Gasteiger partial charge is 0.497 e. The Morgan fingerprint density at radius 3 is 2.45 bits per heavy atom. The Balaban J connectivity index is 1.60. The van der Waals surface area contributed by atoms with Crippen LogP contribution in [0.4, 0.5) is 0 Å². The Labute approximate surface area is 260 Å². The van der Waals surface area contributed by atoms with Gasteiger partial charge in [0.25, 0.3) is 5.91 Å². The monoisotopic (exact) mass is 621 g/mol. The van der Waals surface area contributed by atoms with Gasteiger partial charge in [0.15, 0.2) is 0 Å². The molecule has 6 rings (SSSR count). The molecule has 10 nitrogen and oxygen atoms in total. The molecule has 2 aliphatic heterocycles. The summed E-state index contributed by atoms with van der Waals surface area (Å²) in [4.78, 5) is 17.4. The van der Waals surface area contributed by atoms with Crippen molar-refractivity contribution in [2.45, 2.75) is 50.8 Å². The Kier molecular flexibility index (Phi) is 8.60. The first-order valence-corrected chi connectivity index (χ1v) is 16.9. The molecule has 4 bridgehead atoms. The van der Waals surface area contributed by atoms with E-state index in [4.69, 9.17) is 4.74 Å². The fourth-order valence-corrected chi connectivity index (χ4v) is 7.72. The highest BCUT2D eigenvalue weighted by molar-refractivity contribution is 7.87. The third-order valence-electron chi connectivity index (χ3n) is 9.59. The fourth-order valence-electron chi connectivity index (χ4n) is 6.89. The van der Waals surface area contributed by atoms with Gasteiger partial charge in [0.1, 0.15) is 12.0 Å². The number of aliphatic hydroxyl groups is 1. The van der Waals surface area contributed by atoms with Crippen LogP contribution in [-0.4, -0.2) is 98.8 Å². The van der Waals surface area contributed by atoms with Gasteiger partial charge in [-0.05, 0) is 86.0 Å². The van der Waals surface area contributed by atoms with Crippen molar-refractivity contribution in [2.75, 3.05) is 54.4 Å². The average molecular weight is 622 g/mol. The first-order valence-electron chi connectivity index (χ1n) is 15.5. The molecule has 11 heteroatoms. The van der Waals surface area contributed by atoms with E-state index in [0.717, 1.165) is 51.9 Å². The predicted molar refractivity (Wildman–Crippen MR) is 173 cm³/mol. The second kappa shape index (κ2) is 12.3. The second-order valence-corrected chi connectivity index (χ2v) is 14.3. The van der Waals surface area contributed by atoms with Crippen molar-refractivity contribution >= 4 is 33.1 Å². The molecule has 1 unspecified atom stereocenters. The Morgan fingerprint density at radius 2 is 1.70 bits per heavy atom. The summed E-state index contributed by atoms with van der Waals surface area (Å²) in [7, 11) is 2.92. The van der Waals surface area contributed by atoms with E-state index in [1.807, 2.05) is 48.2 Å². The van der Waals surface area contributed by atoms with Gasteiger partial charge < -0.3 is 19.3 Å². The normalized spacial score (nSPS) is 22.8. The average Bonchev–Trinajstić information content (AvgIpc) is 3.23. The molecule has 2 N–H and O–H groups in total. The fraction of sp³-hybridized carbons (Fsp3) is 0.485. The van der Waals surface area contributed by atoms with E-state index in [1.165, 1.54) is 36.2 Å². The smallest absolute Gasteiger partial charge is 0.303 e. The maximum atomic E-state index is 13.4. The van der Waals surface area contributed by atoms with Crippen molar-refractivity contribution in [3.8, 4) is 17.0 Å². The van der Waals surface area contributed by atoms with Crippen LogP contribution in [0.3, 0.4) is 0 Å². The maximum absolute atomic E-state index is 13.4. The van der Waals surface area contributed by atoms with Crippen molar-refractivity contribution in [3.63, 3.8) is 0 Å². The molecule has 1 aliphatic carbocycles. The van der Waals surface area contributed by atoms with Crippen molar-refractivity contribution in [2.24, 2.45) is 0 Å². The van der Waals surface area contributed by atoms with Crippen LogP contribution in [0.25, 0.3) is 28.2 Å². The number of aliphatic hydroxyl groups excluding tert-OH is 1. The van der Waals surface area contributed by atoms with Crippen molar-refractivity contribution in [1.29, 1.82) is 0 Å². The summed E-state index contributed by atoms with van der Waals surface area (Å²) < 4.78 is 37.5. The molecule has 1 amide bonds. The number of fused-ring (bicyclic) bond motifs is 4. The topological polar surface area (TPSA) is 107 Å². The highest BCUT2D eigenvalue weighted by Crippen LogP contribution is 2.47. The molecule has 0 saturated heterocycles. The first kappa shape index (κ1) is 30.8. The molecule has 1 aromatic heterocycles. The van der Waals surface area contributed by atoms with Gasteiger partial charge in [-0.3, -0.25) is 9.69 Å². The SMILES string of the molecule is COc1ccc2c(c1)C=C1Cn3c-2c(C2CCCCC2)c2ccc(cc23)C(=O)NS(=O)(=O)N(C)CCN(C)CCN(C)C1O. The first-order chi connectivity index (χ1) is 21.1. The summed E-state index contributed by atoms with van der Waals surface area (Å²) >= 11 is 0. The van der Waals surface area contributed by atoms with Crippen molar-refractivity contribution < 1.29 is 23.1 Å². The second-order valence-electron chi connectivity index (χ2n) is 12.5. The van der Waals surface area contributed by atoms with Crippen molar-refractivity contribution in [3.05, 3.63) is 58.7 Å². The third kappa shape index (κ3) is 5.79. The zero-order valence-electron chi connectivity index (χ0n) is 26.0. The Hall–Kier alpha value is -3.22. The van der Waals surface area contributed by atoms with Gasteiger partial charge in [-0.1, -0.05) is 25.3 Å². The summed E-state index contributed by atoms with van der Waals surface area (Å²) in [6.45, 7) is 2.30. The number of ether oxygens (including phenoxy) is 1. The summed E-state index contributed by atoms with van der Waals surface area (Å²) in [5, 5.41) is 12.8. The number of benzene rings is 2. The quantitative estimate of drug-likeness (QED) is 0.448. The lowest BCUT2D eigenvalue weighted by Gasteiger charge is -2.28. The molecule has 0 radical (unpaired) electrons. The van der Waals surface area contributed by atoms with Crippen molar-refractivity contribution in [1.82, 2.24) is 23.4 Å². The van der Waals surface area contributed by atoms with Gasteiger partial charge in [0, 0.05) is 61.8 Å². The number of carbonyl (C=O) groups excluding carboxylic acids is 1. The summed E-state index contributed by atoms with van der Waals surface area (Å²) in [6, 6.07) is 11.6. The zero-order chi connectivity index (χ0) is 31.2. The molecule has 1 fully saturated rings. The van der Waals surface area contributed by atoms with Crippen LogP contribution in [-0.2, 0) is 16.8 Å². The number of amides is 1. The summed E-state index contributed by atoms with van der Waals surface area (Å²) in [5.41, 5.74) is 6.34. The predicted octanol–water partition coefficient (Wildman–Crippen LogP) is 3.86. The number of hydrogen-bond donors (Lipinski definition) is 2. The number of nitrogens with zero attached hydrogens (tertiary/aromatic N) is 4. The molecule has 1 saturated carbocycles. The molecule has 44 heavy (non-hydrogen) atoms. The lowest BCUT2D eigenvalue weighted by atomic mass is 9.81. The van der Waals surface area contributed by atoms with Gasteiger partial charge in [0.05, 0.1) is 12.8 Å². The molecular formula is C33H43N5O5S. The van der Waals surface area contributed by atoms with E-state index in [-0.39, 0.29) is 12.1 Å². The van der Waals surface area contributed by atoms with Gasteiger partial charge in [0.2, 0.25) is 0 Å². The molecule has 2 aromatic carbocycles.